The normalized spacial score (nSPS) is 16.1. The molecule has 6 nitrogen and oxygen atoms in total. The fourth-order valence-electron chi connectivity index (χ4n) is 4.25. The second-order valence-electron chi connectivity index (χ2n) is 8.49. The first kappa shape index (κ1) is 20.5. The lowest BCUT2D eigenvalue weighted by Crippen LogP contribution is -2.15. The summed E-state index contributed by atoms with van der Waals surface area (Å²) in [5.41, 5.74) is 5.29. The molecule has 4 aromatic rings. The van der Waals surface area contributed by atoms with Crippen LogP contribution in [0.1, 0.15) is 40.7 Å². The smallest absolute Gasteiger partial charge is 0.234 e. The van der Waals surface area contributed by atoms with Crippen LogP contribution in [-0.2, 0) is 17.6 Å². The summed E-state index contributed by atoms with van der Waals surface area (Å²) < 4.78 is 2.00. The predicted molar refractivity (Wildman–Crippen MR) is 127 cm³/mol. The summed E-state index contributed by atoms with van der Waals surface area (Å²) in [7, 11) is 0. The Labute approximate surface area is 189 Å². The highest BCUT2D eigenvalue weighted by Crippen LogP contribution is 2.39. The average molecular weight is 452 g/mol. The van der Waals surface area contributed by atoms with Crippen LogP contribution in [0.15, 0.2) is 23.4 Å². The topological polar surface area (TPSA) is 72.2 Å². The van der Waals surface area contributed by atoms with Gasteiger partial charge < -0.3 is 5.32 Å². The van der Waals surface area contributed by atoms with Crippen molar-refractivity contribution in [2.45, 2.75) is 52.1 Å². The highest BCUT2D eigenvalue weighted by Gasteiger charge is 2.25. The van der Waals surface area contributed by atoms with Crippen molar-refractivity contribution in [2.75, 3.05) is 11.1 Å². The van der Waals surface area contributed by atoms with Crippen LogP contribution in [-0.4, -0.2) is 31.2 Å². The van der Waals surface area contributed by atoms with Gasteiger partial charge in [-0.05, 0) is 68.7 Å². The molecule has 1 aromatic carbocycles. The molecule has 160 valence electrons. The van der Waals surface area contributed by atoms with Crippen LogP contribution in [0, 0.1) is 26.7 Å². The van der Waals surface area contributed by atoms with Gasteiger partial charge in [0.1, 0.15) is 10.7 Å². The number of amides is 1. The van der Waals surface area contributed by atoms with E-state index in [0.29, 0.717) is 5.16 Å². The van der Waals surface area contributed by atoms with E-state index in [1.807, 2.05) is 43.4 Å². The maximum Gasteiger partial charge on any atom is 0.234 e. The van der Waals surface area contributed by atoms with Gasteiger partial charge in [0.15, 0.2) is 10.8 Å². The molecule has 1 atom stereocenters. The van der Waals surface area contributed by atoms with E-state index in [2.05, 4.69) is 22.4 Å². The molecule has 1 N–H and O–H groups in total. The molecule has 5 rings (SSSR count). The molecule has 0 radical (unpaired) electrons. The van der Waals surface area contributed by atoms with Crippen molar-refractivity contribution in [1.29, 1.82) is 0 Å². The van der Waals surface area contributed by atoms with E-state index < -0.39 is 0 Å². The third-order valence-electron chi connectivity index (χ3n) is 5.94. The molecule has 8 heteroatoms. The lowest BCUT2D eigenvalue weighted by Gasteiger charge is -2.17. The van der Waals surface area contributed by atoms with Gasteiger partial charge in [-0.3, -0.25) is 9.20 Å². The molecule has 0 saturated heterocycles. The summed E-state index contributed by atoms with van der Waals surface area (Å²) >= 11 is 3.20. The predicted octanol–water partition coefficient (Wildman–Crippen LogP) is 5.12. The molecule has 3 aromatic heterocycles. The van der Waals surface area contributed by atoms with Gasteiger partial charge in [0.2, 0.25) is 5.91 Å². The van der Waals surface area contributed by atoms with Gasteiger partial charge in [-0.25, -0.2) is 4.98 Å². The minimum absolute atomic E-state index is 0.0518. The van der Waals surface area contributed by atoms with E-state index in [0.717, 1.165) is 57.3 Å². The number of carbonyl (C=O) groups is 1. The molecule has 1 aliphatic rings. The van der Waals surface area contributed by atoms with Crippen molar-refractivity contribution >= 4 is 50.6 Å². The highest BCUT2D eigenvalue weighted by molar-refractivity contribution is 7.99. The van der Waals surface area contributed by atoms with Crippen molar-refractivity contribution in [3.63, 3.8) is 0 Å². The molecule has 0 aliphatic heterocycles. The quantitative estimate of drug-likeness (QED) is 0.436. The van der Waals surface area contributed by atoms with Crippen molar-refractivity contribution in [1.82, 2.24) is 19.6 Å². The third-order valence-corrected chi connectivity index (χ3v) is 8.01. The monoisotopic (exact) mass is 451 g/mol. The van der Waals surface area contributed by atoms with Gasteiger partial charge in [-0.1, -0.05) is 30.8 Å². The first-order valence-corrected chi connectivity index (χ1v) is 12.4. The van der Waals surface area contributed by atoms with Gasteiger partial charge in [-0.15, -0.1) is 21.5 Å². The Balaban J connectivity index is 1.42. The zero-order chi connectivity index (χ0) is 21.7. The van der Waals surface area contributed by atoms with Crippen LogP contribution in [0.25, 0.3) is 15.9 Å². The molecule has 0 unspecified atom stereocenters. The van der Waals surface area contributed by atoms with Crippen molar-refractivity contribution in [2.24, 2.45) is 5.92 Å². The van der Waals surface area contributed by atoms with Crippen molar-refractivity contribution in [3.05, 3.63) is 45.6 Å². The number of carbonyl (C=O) groups excluding carboxylic acids is 1. The molecule has 0 bridgehead atoms. The molecule has 1 aliphatic carbocycles. The Kier molecular flexibility index (Phi) is 5.22. The fourth-order valence-corrected chi connectivity index (χ4v) is 6.45. The van der Waals surface area contributed by atoms with Gasteiger partial charge in [-0.2, -0.15) is 0 Å². The van der Waals surface area contributed by atoms with E-state index in [1.54, 1.807) is 11.3 Å². The van der Waals surface area contributed by atoms with Crippen LogP contribution < -0.4 is 5.32 Å². The molecule has 1 amide bonds. The maximum atomic E-state index is 12.6. The number of aryl methyl sites for hydroxylation is 4. The van der Waals surface area contributed by atoms with Crippen LogP contribution in [0.3, 0.4) is 0 Å². The molecule has 0 saturated carbocycles. The number of nitrogens with zero attached hydrogens (tertiary/aromatic N) is 4. The number of thioether (sulfide) groups is 1. The Morgan fingerprint density at radius 2 is 2.13 bits per heavy atom. The standard InChI is InChI=1S/C23H25N5OS2/c1-12-5-7-14(3)17(9-12)25-19(29)11-30-23-27-26-21-20-16-8-6-13(2)10-18(16)31-22(20)24-15(4)28(21)23/h5,7,9,13H,6,8,10-11H2,1-4H3,(H,25,29)/t13-/m0/s1. The molecule has 31 heavy (non-hydrogen) atoms. The fraction of sp³-hybridized carbons (Fsp3) is 0.391. The lowest BCUT2D eigenvalue weighted by molar-refractivity contribution is -0.113. The van der Waals surface area contributed by atoms with Gasteiger partial charge in [0.05, 0.1) is 11.1 Å². The van der Waals surface area contributed by atoms with Gasteiger partial charge in [0, 0.05) is 10.6 Å². The Morgan fingerprint density at radius 3 is 2.97 bits per heavy atom. The molecule has 0 fully saturated rings. The van der Waals surface area contributed by atoms with E-state index in [-0.39, 0.29) is 11.7 Å². The Hall–Kier alpha value is -2.45. The van der Waals surface area contributed by atoms with Crippen molar-refractivity contribution < 1.29 is 4.79 Å². The number of fused-ring (bicyclic) bond motifs is 5. The summed E-state index contributed by atoms with van der Waals surface area (Å²) in [6, 6.07) is 6.06. The number of benzene rings is 1. The first-order chi connectivity index (χ1) is 14.9. The number of hydrogen-bond donors (Lipinski definition) is 1. The molecular formula is C23H25N5OS2. The molecule has 3 heterocycles. The van der Waals surface area contributed by atoms with E-state index in [4.69, 9.17) is 4.98 Å². The third kappa shape index (κ3) is 3.72. The minimum Gasteiger partial charge on any atom is -0.325 e. The van der Waals surface area contributed by atoms with Crippen LogP contribution in [0.2, 0.25) is 0 Å². The molecular weight excluding hydrogens is 426 g/mol. The van der Waals surface area contributed by atoms with E-state index in [9.17, 15) is 4.79 Å². The number of thiophene rings is 1. The zero-order valence-electron chi connectivity index (χ0n) is 18.2. The van der Waals surface area contributed by atoms with Crippen LogP contribution >= 0.6 is 23.1 Å². The van der Waals surface area contributed by atoms with Crippen molar-refractivity contribution in [3.8, 4) is 0 Å². The summed E-state index contributed by atoms with van der Waals surface area (Å²) in [6.07, 6.45) is 3.40. The van der Waals surface area contributed by atoms with Gasteiger partial charge in [0.25, 0.3) is 0 Å². The Bertz CT molecular complexity index is 1320. The van der Waals surface area contributed by atoms with Crippen LogP contribution in [0.5, 0.6) is 0 Å². The summed E-state index contributed by atoms with van der Waals surface area (Å²) in [5, 5.41) is 13.8. The average Bonchev–Trinajstić information content (AvgIpc) is 3.30. The number of hydrogen-bond acceptors (Lipinski definition) is 6. The first-order valence-electron chi connectivity index (χ1n) is 10.6. The number of rotatable bonds is 4. The minimum atomic E-state index is -0.0518. The second-order valence-corrected chi connectivity index (χ2v) is 10.5. The summed E-state index contributed by atoms with van der Waals surface area (Å²) in [6.45, 7) is 8.32. The number of aromatic nitrogens is 4. The largest absolute Gasteiger partial charge is 0.325 e. The van der Waals surface area contributed by atoms with E-state index >= 15 is 0 Å². The van der Waals surface area contributed by atoms with Gasteiger partial charge >= 0.3 is 0 Å². The maximum absolute atomic E-state index is 12.6. The summed E-state index contributed by atoms with van der Waals surface area (Å²) in [4.78, 5) is 20.0. The Morgan fingerprint density at radius 1 is 1.29 bits per heavy atom. The van der Waals surface area contributed by atoms with E-state index in [1.165, 1.54) is 28.6 Å². The highest BCUT2D eigenvalue weighted by atomic mass is 32.2. The molecule has 0 spiro atoms. The SMILES string of the molecule is Cc1ccc(C)c(NC(=O)CSc2nnc3c4c5c(sc4nc(C)n23)C[C@@H](C)CC5)c1. The number of anilines is 1. The number of nitrogens with one attached hydrogen (secondary N) is 1. The lowest BCUT2D eigenvalue weighted by atomic mass is 9.89. The van der Waals surface area contributed by atoms with Crippen LogP contribution in [0.4, 0.5) is 5.69 Å². The second kappa shape index (κ2) is 7.91. The summed E-state index contributed by atoms with van der Waals surface area (Å²) in [5.74, 6) is 1.79. The zero-order valence-corrected chi connectivity index (χ0v) is 19.8.